The van der Waals surface area contributed by atoms with Gasteiger partial charge in [-0.25, -0.2) is 9.37 Å². The Morgan fingerprint density at radius 3 is 3.06 bits per heavy atom. The van der Waals surface area contributed by atoms with Gasteiger partial charge in [-0.05, 0) is 11.6 Å². The van der Waals surface area contributed by atoms with E-state index < -0.39 is 5.82 Å². The van der Waals surface area contributed by atoms with Crippen molar-refractivity contribution in [1.82, 2.24) is 4.98 Å². The molecule has 0 N–H and O–H groups in total. The van der Waals surface area contributed by atoms with Crippen molar-refractivity contribution in [3.8, 4) is 17.9 Å². The van der Waals surface area contributed by atoms with E-state index in [4.69, 9.17) is 10.8 Å². The molecular formula is C10H6FN5. The summed E-state index contributed by atoms with van der Waals surface area (Å²) in [7, 11) is 0. The van der Waals surface area contributed by atoms with Crippen LogP contribution in [0.1, 0.15) is 17.7 Å². The van der Waals surface area contributed by atoms with Gasteiger partial charge in [-0.15, -0.1) is 0 Å². The van der Waals surface area contributed by atoms with E-state index in [1.165, 1.54) is 6.20 Å². The number of nitrogens with zero attached hydrogens (tertiary/aromatic N) is 5. The minimum Gasteiger partial charge on any atom is -0.241 e. The van der Waals surface area contributed by atoms with Crippen LogP contribution in [0.15, 0.2) is 17.4 Å². The Balaban J connectivity index is 2.72. The van der Waals surface area contributed by atoms with E-state index in [9.17, 15) is 4.39 Å². The van der Waals surface area contributed by atoms with Gasteiger partial charge >= 0.3 is 0 Å². The molecule has 0 unspecified atom stereocenters. The number of halogens is 1. The summed E-state index contributed by atoms with van der Waals surface area (Å²) in [5, 5.41) is 11.7. The number of hydrogen-bond donors (Lipinski definition) is 0. The zero-order valence-electron chi connectivity index (χ0n) is 8.18. The minimum atomic E-state index is -0.690. The first-order chi connectivity index (χ1) is 7.77. The Morgan fingerprint density at radius 2 is 2.44 bits per heavy atom. The molecule has 6 heteroatoms. The first kappa shape index (κ1) is 11.5. The third-order valence-electron chi connectivity index (χ3n) is 1.58. The quantitative estimate of drug-likeness (QED) is 0.249. The molecule has 0 radical (unpaired) electrons. The highest BCUT2D eigenvalue weighted by Gasteiger charge is 2.01. The lowest BCUT2D eigenvalue weighted by atomic mass is 10.2. The van der Waals surface area contributed by atoms with Crippen molar-refractivity contribution in [2.24, 2.45) is 5.11 Å². The Bertz CT molecular complexity index is 528. The van der Waals surface area contributed by atoms with Crippen LogP contribution in [0.25, 0.3) is 10.4 Å². The topological polar surface area (TPSA) is 85.4 Å². The smallest absolute Gasteiger partial charge is 0.176 e. The van der Waals surface area contributed by atoms with Crippen LogP contribution in [-0.4, -0.2) is 11.5 Å². The summed E-state index contributed by atoms with van der Waals surface area (Å²) in [6.07, 6.45) is 1.72. The maximum Gasteiger partial charge on any atom is 0.176 e. The fourth-order valence-electron chi connectivity index (χ4n) is 0.904. The third kappa shape index (κ3) is 3.30. The summed E-state index contributed by atoms with van der Waals surface area (Å²) in [5.74, 6) is 4.66. The first-order valence-corrected chi connectivity index (χ1v) is 4.33. The standard InChI is InChI=1S/C10H6FN5/c11-9-5-8(7-14-10(9)6-12)3-1-2-4-15-16-13/h5,7H,2,4H2. The van der Waals surface area contributed by atoms with Gasteiger partial charge < -0.3 is 0 Å². The van der Waals surface area contributed by atoms with Crippen molar-refractivity contribution in [2.45, 2.75) is 6.42 Å². The van der Waals surface area contributed by atoms with Gasteiger partial charge in [0.2, 0.25) is 0 Å². The molecule has 0 saturated heterocycles. The molecule has 0 saturated carbocycles. The molecule has 0 fully saturated rings. The summed E-state index contributed by atoms with van der Waals surface area (Å²) >= 11 is 0. The molecule has 0 bridgehead atoms. The van der Waals surface area contributed by atoms with Crippen LogP contribution in [0.4, 0.5) is 4.39 Å². The highest BCUT2D eigenvalue weighted by Crippen LogP contribution is 2.04. The molecule has 0 aliphatic rings. The Kier molecular flexibility index (Phi) is 4.34. The van der Waals surface area contributed by atoms with Crippen molar-refractivity contribution in [3.05, 3.63) is 39.8 Å². The second-order valence-electron chi connectivity index (χ2n) is 2.67. The van der Waals surface area contributed by atoms with Crippen LogP contribution in [0.2, 0.25) is 0 Å². The van der Waals surface area contributed by atoms with E-state index in [1.54, 1.807) is 6.07 Å². The van der Waals surface area contributed by atoms with Crippen molar-refractivity contribution >= 4 is 0 Å². The molecule has 0 amide bonds. The number of nitriles is 1. The zero-order chi connectivity index (χ0) is 11.8. The molecule has 1 heterocycles. The number of pyridine rings is 1. The fraction of sp³-hybridized carbons (Fsp3) is 0.200. The maximum absolute atomic E-state index is 13.1. The fourth-order valence-corrected chi connectivity index (χ4v) is 0.904. The predicted octanol–water partition coefficient (Wildman–Crippen LogP) is 2.14. The molecule has 1 aromatic rings. The molecule has 0 atom stereocenters. The summed E-state index contributed by atoms with van der Waals surface area (Å²) in [6.45, 7) is 0.274. The molecule has 1 aromatic heterocycles. The largest absolute Gasteiger partial charge is 0.241 e. The normalized spacial score (nSPS) is 8.25. The Morgan fingerprint density at radius 1 is 1.62 bits per heavy atom. The summed E-state index contributed by atoms with van der Waals surface area (Å²) in [4.78, 5) is 6.16. The van der Waals surface area contributed by atoms with Crippen LogP contribution in [0, 0.1) is 29.0 Å². The molecule has 0 spiro atoms. The molecule has 78 valence electrons. The number of hydrogen-bond acceptors (Lipinski definition) is 3. The monoisotopic (exact) mass is 215 g/mol. The number of azide groups is 1. The van der Waals surface area contributed by atoms with Crippen molar-refractivity contribution in [3.63, 3.8) is 0 Å². The van der Waals surface area contributed by atoms with Gasteiger partial charge in [0, 0.05) is 29.6 Å². The van der Waals surface area contributed by atoms with Gasteiger partial charge in [0.25, 0.3) is 0 Å². The summed E-state index contributed by atoms with van der Waals surface area (Å²) in [5.41, 5.74) is 8.13. The van der Waals surface area contributed by atoms with Gasteiger partial charge in [0.1, 0.15) is 6.07 Å². The lowest BCUT2D eigenvalue weighted by molar-refractivity contribution is 0.616. The van der Waals surface area contributed by atoms with Gasteiger partial charge in [0.15, 0.2) is 11.5 Å². The highest BCUT2D eigenvalue weighted by atomic mass is 19.1. The Labute approximate surface area is 91.2 Å². The van der Waals surface area contributed by atoms with Gasteiger partial charge in [0.05, 0.1) is 0 Å². The second-order valence-corrected chi connectivity index (χ2v) is 2.67. The molecule has 0 aliphatic carbocycles. The molecule has 0 aliphatic heterocycles. The molecule has 5 nitrogen and oxygen atoms in total. The van der Waals surface area contributed by atoms with Gasteiger partial charge in [-0.1, -0.05) is 17.0 Å². The van der Waals surface area contributed by atoms with Gasteiger partial charge in [-0.3, -0.25) is 0 Å². The second kappa shape index (κ2) is 6.02. The van der Waals surface area contributed by atoms with Crippen molar-refractivity contribution in [1.29, 1.82) is 5.26 Å². The molecule has 0 aromatic carbocycles. The molecule has 16 heavy (non-hydrogen) atoms. The van der Waals surface area contributed by atoms with Crippen LogP contribution in [-0.2, 0) is 0 Å². The van der Waals surface area contributed by atoms with Gasteiger partial charge in [-0.2, -0.15) is 5.26 Å². The summed E-state index contributed by atoms with van der Waals surface area (Å²) < 4.78 is 13.1. The minimum absolute atomic E-state index is 0.250. The lowest BCUT2D eigenvalue weighted by Gasteiger charge is -1.92. The predicted molar refractivity (Wildman–Crippen MR) is 54.4 cm³/mol. The van der Waals surface area contributed by atoms with E-state index in [2.05, 4.69) is 26.9 Å². The molecule has 1 rings (SSSR count). The van der Waals surface area contributed by atoms with E-state index in [1.807, 2.05) is 0 Å². The summed E-state index contributed by atoms with van der Waals surface area (Å²) in [6, 6.07) is 2.76. The average Bonchev–Trinajstić information content (AvgIpc) is 2.29. The van der Waals surface area contributed by atoms with Crippen LogP contribution in [0.3, 0.4) is 0 Å². The van der Waals surface area contributed by atoms with E-state index >= 15 is 0 Å². The highest BCUT2D eigenvalue weighted by molar-refractivity contribution is 5.35. The van der Waals surface area contributed by atoms with Crippen LogP contribution < -0.4 is 0 Å². The average molecular weight is 215 g/mol. The van der Waals surface area contributed by atoms with E-state index in [0.717, 1.165) is 6.07 Å². The van der Waals surface area contributed by atoms with E-state index in [-0.39, 0.29) is 12.2 Å². The Hall–Kier alpha value is -2.56. The van der Waals surface area contributed by atoms with Crippen LogP contribution in [0.5, 0.6) is 0 Å². The SMILES string of the molecule is N#Cc1ncc(C#CCCN=[N+]=[N-])cc1F. The van der Waals surface area contributed by atoms with Crippen LogP contribution >= 0.6 is 0 Å². The first-order valence-electron chi connectivity index (χ1n) is 4.33. The molecular weight excluding hydrogens is 209 g/mol. The number of rotatable bonds is 2. The lowest BCUT2D eigenvalue weighted by Crippen LogP contribution is -1.90. The maximum atomic E-state index is 13.1. The van der Waals surface area contributed by atoms with Crippen molar-refractivity contribution in [2.75, 3.05) is 6.54 Å². The van der Waals surface area contributed by atoms with Crippen molar-refractivity contribution < 1.29 is 4.39 Å². The number of aromatic nitrogens is 1. The third-order valence-corrected chi connectivity index (χ3v) is 1.58. The van der Waals surface area contributed by atoms with E-state index in [0.29, 0.717) is 12.0 Å². The zero-order valence-corrected chi connectivity index (χ0v) is 8.18.